The second-order valence-corrected chi connectivity index (χ2v) is 5.28. The number of hydrazine groups is 1. The number of nitrogens with two attached hydrogens (primary N) is 1. The molecule has 4 N–H and O–H groups in total. The van der Waals surface area contributed by atoms with Crippen LogP contribution in [0, 0.1) is 0 Å². The maximum Gasteiger partial charge on any atom is 0.243 e. The fourth-order valence-corrected chi connectivity index (χ4v) is 2.45. The van der Waals surface area contributed by atoms with Gasteiger partial charge >= 0.3 is 0 Å². The van der Waals surface area contributed by atoms with E-state index < -0.39 is 10.0 Å². The van der Waals surface area contributed by atoms with Crippen molar-refractivity contribution in [1.82, 2.24) is 14.7 Å². The summed E-state index contributed by atoms with van der Waals surface area (Å²) in [7, 11) is -2.13. The SMILES string of the molecule is CCC(COC)NS(=O)(=O)c1cnc(NN)nc1. The Kier molecular flexibility index (Phi) is 5.41. The molecule has 102 valence electrons. The summed E-state index contributed by atoms with van der Waals surface area (Å²) in [6.07, 6.45) is 2.99. The van der Waals surface area contributed by atoms with E-state index in [1.165, 1.54) is 19.5 Å². The summed E-state index contributed by atoms with van der Waals surface area (Å²) in [6, 6.07) is -0.285. The van der Waals surface area contributed by atoms with Crippen molar-refractivity contribution in [2.75, 3.05) is 19.1 Å². The molecule has 0 saturated heterocycles. The molecule has 1 aromatic rings. The summed E-state index contributed by atoms with van der Waals surface area (Å²) in [6.45, 7) is 2.17. The van der Waals surface area contributed by atoms with Crippen molar-refractivity contribution in [3.63, 3.8) is 0 Å². The number of rotatable bonds is 7. The molecule has 1 heterocycles. The Morgan fingerprint density at radius 2 is 2.06 bits per heavy atom. The first kappa shape index (κ1) is 14.8. The monoisotopic (exact) mass is 275 g/mol. The molecule has 0 bridgehead atoms. The second-order valence-electron chi connectivity index (χ2n) is 3.57. The highest BCUT2D eigenvalue weighted by Gasteiger charge is 2.19. The Morgan fingerprint density at radius 3 is 2.50 bits per heavy atom. The van der Waals surface area contributed by atoms with Crippen LogP contribution in [0.25, 0.3) is 0 Å². The molecule has 1 atom stereocenters. The highest BCUT2D eigenvalue weighted by Crippen LogP contribution is 2.08. The van der Waals surface area contributed by atoms with Gasteiger partial charge in [-0.25, -0.2) is 29.0 Å². The van der Waals surface area contributed by atoms with Crippen LogP contribution in [0.4, 0.5) is 5.95 Å². The van der Waals surface area contributed by atoms with Crippen LogP contribution in [0.15, 0.2) is 17.3 Å². The number of nitrogens with zero attached hydrogens (tertiary/aromatic N) is 2. The van der Waals surface area contributed by atoms with Gasteiger partial charge in [-0.1, -0.05) is 6.92 Å². The number of hydrogen-bond donors (Lipinski definition) is 3. The maximum atomic E-state index is 12.0. The van der Waals surface area contributed by atoms with Crippen LogP contribution in [0.3, 0.4) is 0 Å². The number of anilines is 1. The molecule has 0 amide bonds. The number of nitrogens with one attached hydrogen (secondary N) is 2. The van der Waals surface area contributed by atoms with E-state index in [1.807, 2.05) is 6.92 Å². The van der Waals surface area contributed by atoms with Crippen LogP contribution in [0.5, 0.6) is 0 Å². The average molecular weight is 275 g/mol. The topological polar surface area (TPSA) is 119 Å². The largest absolute Gasteiger partial charge is 0.383 e. The van der Waals surface area contributed by atoms with Gasteiger partial charge in [0.2, 0.25) is 16.0 Å². The Labute approximate surface area is 106 Å². The zero-order valence-electron chi connectivity index (χ0n) is 10.3. The Morgan fingerprint density at radius 1 is 1.44 bits per heavy atom. The molecule has 1 unspecified atom stereocenters. The minimum atomic E-state index is -3.64. The third-order valence-corrected chi connectivity index (χ3v) is 3.73. The highest BCUT2D eigenvalue weighted by atomic mass is 32.2. The summed E-state index contributed by atoms with van der Waals surface area (Å²) >= 11 is 0. The van der Waals surface area contributed by atoms with Crippen LogP contribution in [0.1, 0.15) is 13.3 Å². The van der Waals surface area contributed by atoms with Gasteiger partial charge < -0.3 is 4.74 Å². The van der Waals surface area contributed by atoms with Crippen molar-refractivity contribution in [2.45, 2.75) is 24.3 Å². The smallest absolute Gasteiger partial charge is 0.243 e. The zero-order chi connectivity index (χ0) is 13.6. The molecule has 0 aliphatic carbocycles. The van der Waals surface area contributed by atoms with Crippen LogP contribution < -0.4 is 16.0 Å². The summed E-state index contributed by atoms with van der Waals surface area (Å²) in [5.74, 6) is 5.24. The van der Waals surface area contributed by atoms with Gasteiger partial charge in [-0.3, -0.25) is 5.43 Å². The number of hydrogen-bond acceptors (Lipinski definition) is 7. The van der Waals surface area contributed by atoms with E-state index in [0.717, 1.165) is 0 Å². The Hall–Kier alpha value is -1.29. The Balaban J connectivity index is 2.84. The third kappa shape index (κ3) is 3.88. The van der Waals surface area contributed by atoms with Gasteiger partial charge in [-0.2, -0.15) is 0 Å². The number of nitrogen functional groups attached to an aromatic ring is 1. The molecule has 8 nitrogen and oxygen atoms in total. The summed E-state index contributed by atoms with van der Waals surface area (Å²) in [5.41, 5.74) is 2.22. The zero-order valence-corrected chi connectivity index (χ0v) is 11.1. The van der Waals surface area contributed by atoms with Crippen molar-refractivity contribution in [2.24, 2.45) is 5.84 Å². The number of methoxy groups -OCH3 is 1. The van der Waals surface area contributed by atoms with Gasteiger partial charge in [0.05, 0.1) is 19.0 Å². The van der Waals surface area contributed by atoms with Crippen molar-refractivity contribution < 1.29 is 13.2 Å². The normalized spacial score (nSPS) is 13.3. The van der Waals surface area contributed by atoms with E-state index >= 15 is 0 Å². The lowest BCUT2D eigenvalue weighted by atomic mass is 10.3. The molecule has 0 spiro atoms. The van der Waals surface area contributed by atoms with E-state index in [9.17, 15) is 8.42 Å². The lowest BCUT2D eigenvalue weighted by molar-refractivity contribution is 0.173. The first-order valence-corrected chi connectivity index (χ1v) is 6.81. The van der Waals surface area contributed by atoms with E-state index in [4.69, 9.17) is 10.6 Å². The summed E-state index contributed by atoms with van der Waals surface area (Å²) in [4.78, 5) is 7.47. The standard InChI is InChI=1S/C9H17N5O3S/c1-3-7(6-17-2)14-18(15,16)8-4-11-9(13-10)12-5-8/h4-5,7,14H,3,6,10H2,1-2H3,(H,11,12,13). The lowest BCUT2D eigenvalue weighted by Gasteiger charge is -2.15. The highest BCUT2D eigenvalue weighted by molar-refractivity contribution is 7.89. The van der Waals surface area contributed by atoms with Gasteiger partial charge in [0, 0.05) is 13.2 Å². The molecule has 0 fully saturated rings. The molecular formula is C9H17N5O3S. The fraction of sp³-hybridized carbons (Fsp3) is 0.556. The molecule has 0 saturated carbocycles. The van der Waals surface area contributed by atoms with Crippen molar-refractivity contribution in [3.05, 3.63) is 12.4 Å². The van der Waals surface area contributed by atoms with E-state index in [1.54, 1.807) is 0 Å². The van der Waals surface area contributed by atoms with Crippen LogP contribution in [-0.2, 0) is 14.8 Å². The van der Waals surface area contributed by atoms with E-state index in [2.05, 4.69) is 20.1 Å². The molecule has 1 aromatic heterocycles. The maximum absolute atomic E-state index is 12.0. The first-order chi connectivity index (χ1) is 8.53. The van der Waals surface area contributed by atoms with Gasteiger partial charge in [-0.05, 0) is 6.42 Å². The van der Waals surface area contributed by atoms with Crippen molar-refractivity contribution in [1.29, 1.82) is 0 Å². The first-order valence-electron chi connectivity index (χ1n) is 5.33. The molecule has 0 radical (unpaired) electrons. The van der Waals surface area contributed by atoms with Crippen molar-refractivity contribution in [3.8, 4) is 0 Å². The van der Waals surface area contributed by atoms with E-state index in [-0.39, 0.29) is 16.9 Å². The average Bonchev–Trinajstić information content (AvgIpc) is 2.38. The van der Waals surface area contributed by atoms with Crippen LogP contribution >= 0.6 is 0 Å². The van der Waals surface area contributed by atoms with Crippen LogP contribution in [-0.4, -0.2) is 38.1 Å². The quantitative estimate of drug-likeness (QED) is 0.452. The predicted molar refractivity (Wildman–Crippen MR) is 66.1 cm³/mol. The predicted octanol–water partition coefficient (Wildman–Crippen LogP) is -0.534. The van der Waals surface area contributed by atoms with Gasteiger partial charge in [0.15, 0.2) is 0 Å². The molecule has 18 heavy (non-hydrogen) atoms. The van der Waals surface area contributed by atoms with Crippen molar-refractivity contribution >= 4 is 16.0 Å². The number of ether oxygens (including phenoxy) is 1. The minimum absolute atomic E-state index is 0.0175. The fourth-order valence-electron chi connectivity index (χ4n) is 1.25. The molecule has 0 aliphatic heterocycles. The molecule has 0 aliphatic rings. The second kappa shape index (κ2) is 6.59. The van der Waals surface area contributed by atoms with Gasteiger partial charge in [0.25, 0.3) is 0 Å². The molecular weight excluding hydrogens is 258 g/mol. The Bertz CT molecular complexity index is 462. The molecule has 9 heteroatoms. The van der Waals surface area contributed by atoms with Gasteiger partial charge in [-0.15, -0.1) is 0 Å². The summed E-state index contributed by atoms with van der Waals surface area (Å²) in [5, 5.41) is 0. The van der Waals surface area contributed by atoms with E-state index in [0.29, 0.717) is 13.0 Å². The van der Waals surface area contributed by atoms with Crippen LogP contribution in [0.2, 0.25) is 0 Å². The molecule has 0 aromatic carbocycles. The number of aromatic nitrogens is 2. The summed E-state index contributed by atoms with van der Waals surface area (Å²) < 4.78 is 31.4. The van der Waals surface area contributed by atoms with Gasteiger partial charge in [0.1, 0.15) is 4.90 Å². The minimum Gasteiger partial charge on any atom is -0.383 e. The third-order valence-electron chi connectivity index (χ3n) is 2.25. The number of sulfonamides is 1. The molecule has 1 rings (SSSR count). The lowest BCUT2D eigenvalue weighted by Crippen LogP contribution is -2.37.